The SMILES string of the molecule is CC(C)c1ccc(CC(NC(=O)c2cc3ccc(Oc4ccc(C(C)(C)C)cc4)cc3c(CC3CCCC3)n2)C(=O)NS(C)(=O)=O)s1. The lowest BCUT2D eigenvalue weighted by molar-refractivity contribution is -0.121. The van der Waals surface area contributed by atoms with Crippen LogP contribution in [0.4, 0.5) is 0 Å². The zero-order valence-corrected chi connectivity index (χ0v) is 29.7. The minimum absolute atomic E-state index is 0.0467. The molecule has 2 amide bonds. The zero-order chi connectivity index (χ0) is 33.9. The van der Waals surface area contributed by atoms with E-state index in [1.165, 1.54) is 18.4 Å². The van der Waals surface area contributed by atoms with E-state index < -0.39 is 27.9 Å². The molecule has 1 aliphatic carbocycles. The molecule has 0 bridgehead atoms. The number of sulfonamides is 1. The van der Waals surface area contributed by atoms with Gasteiger partial charge in [-0.25, -0.2) is 13.4 Å². The summed E-state index contributed by atoms with van der Waals surface area (Å²) < 4.78 is 32.2. The number of carbonyl (C=O) groups excluding carboxylic acids is 2. The van der Waals surface area contributed by atoms with Crippen LogP contribution in [0.2, 0.25) is 0 Å². The van der Waals surface area contributed by atoms with E-state index in [0.29, 0.717) is 17.6 Å². The monoisotopic (exact) mass is 675 g/mol. The zero-order valence-electron chi connectivity index (χ0n) is 28.1. The van der Waals surface area contributed by atoms with Crippen molar-refractivity contribution in [3.63, 3.8) is 0 Å². The molecule has 0 saturated heterocycles. The molecule has 1 atom stereocenters. The van der Waals surface area contributed by atoms with Crippen LogP contribution in [-0.4, -0.2) is 37.5 Å². The van der Waals surface area contributed by atoms with Crippen molar-refractivity contribution in [3.05, 3.63) is 87.4 Å². The predicted octanol–water partition coefficient (Wildman–Crippen LogP) is 7.66. The smallest absolute Gasteiger partial charge is 0.270 e. The first-order chi connectivity index (χ1) is 22.1. The van der Waals surface area contributed by atoms with E-state index in [0.717, 1.165) is 57.5 Å². The maximum Gasteiger partial charge on any atom is 0.270 e. The van der Waals surface area contributed by atoms with Gasteiger partial charge in [-0.2, -0.15) is 0 Å². The first-order valence-electron chi connectivity index (χ1n) is 16.3. The molecule has 0 aliphatic heterocycles. The van der Waals surface area contributed by atoms with Gasteiger partial charge in [0.25, 0.3) is 11.8 Å². The topological polar surface area (TPSA) is 114 Å². The van der Waals surface area contributed by atoms with Crippen molar-refractivity contribution < 1.29 is 22.7 Å². The number of hydrogen-bond donors (Lipinski definition) is 2. The molecular weight excluding hydrogens is 631 g/mol. The maximum absolute atomic E-state index is 13.7. The Bertz CT molecular complexity index is 1850. The van der Waals surface area contributed by atoms with Crippen LogP contribution < -0.4 is 14.8 Å². The van der Waals surface area contributed by atoms with E-state index in [1.54, 1.807) is 17.4 Å². The van der Waals surface area contributed by atoms with E-state index >= 15 is 0 Å². The lowest BCUT2D eigenvalue weighted by Crippen LogP contribution is -2.49. The van der Waals surface area contributed by atoms with E-state index in [4.69, 9.17) is 9.72 Å². The summed E-state index contributed by atoms with van der Waals surface area (Å²) in [6.45, 7) is 10.7. The molecule has 250 valence electrons. The molecule has 1 fully saturated rings. The molecule has 2 N–H and O–H groups in total. The van der Waals surface area contributed by atoms with Gasteiger partial charge in [-0.1, -0.05) is 78.5 Å². The van der Waals surface area contributed by atoms with Crippen LogP contribution in [0.15, 0.2) is 60.7 Å². The molecule has 2 heterocycles. The number of nitrogens with zero attached hydrogens (tertiary/aromatic N) is 1. The Morgan fingerprint density at radius 3 is 2.28 bits per heavy atom. The summed E-state index contributed by atoms with van der Waals surface area (Å²) in [5.41, 5.74) is 2.27. The predicted molar refractivity (Wildman–Crippen MR) is 189 cm³/mol. The van der Waals surface area contributed by atoms with Gasteiger partial charge in [0.05, 0.1) is 6.26 Å². The lowest BCUT2D eigenvalue weighted by Gasteiger charge is -2.19. The number of thiophene rings is 1. The molecule has 47 heavy (non-hydrogen) atoms. The molecule has 4 aromatic rings. The summed E-state index contributed by atoms with van der Waals surface area (Å²) in [6, 6.07) is 18.4. The van der Waals surface area contributed by atoms with Crippen LogP contribution in [0.25, 0.3) is 10.8 Å². The van der Waals surface area contributed by atoms with Crippen LogP contribution in [0.3, 0.4) is 0 Å². The van der Waals surface area contributed by atoms with Gasteiger partial charge in [-0.15, -0.1) is 11.3 Å². The van der Waals surface area contributed by atoms with Crippen molar-refractivity contribution in [2.45, 2.75) is 90.5 Å². The van der Waals surface area contributed by atoms with Crippen LogP contribution >= 0.6 is 11.3 Å². The molecule has 2 aromatic carbocycles. The Kier molecular flexibility index (Phi) is 10.4. The second-order valence-electron chi connectivity index (χ2n) is 14.0. The number of fused-ring (bicyclic) bond motifs is 1. The quantitative estimate of drug-likeness (QED) is 0.169. The largest absolute Gasteiger partial charge is 0.457 e. The van der Waals surface area contributed by atoms with Gasteiger partial charge in [0.1, 0.15) is 23.2 Å². The van der Waals surface area contributed by atoms with Gasteiger partial charge in [-0.3, -0.25) is 14.3 Å². The van der Waals surface area contributed by atoms with Gasteiger partial charge >= 0.3 is 0 Å². The summed E-state index contributed by atoms with van der Waals surface area (Å²) in [5.74, 6) is 0.885. The third-order valence-electron chi connectivity index (χ3n) is 8.59. The number of aromatic nitrogens is 1. The molecule has 1 unspecified atom stereocenters. The second kappa shape index (κ2) is 14.2. The second-order valence-corrected chi connectivity index (χ2v) is 16.9. The number of nitrogens with one attached hydrogen (secondary N) is 2. The fourth-order valence-corrected chi connectivity index (χ4v) is 7.56. The number of benzene rings is 2. The van der Waals surface area contributed by atoms with Crippen LogP contribution in [-0.2, 0) is 33.1 Å². The molecule has 5 rings (SSSR count). The lowest BCUT2D eigenvalue weighted by atomic mass is 9.87. The number of ether oxygens (including phenoxy) is 1. The van der Waals surface area contributed by atoms with Crippen molar-refractivity contribution >= 4 is 43.9 Å². The van der Waals surface area contributed by atoms with Gasteiger partial charge in [0.15, 0.2) is 0 Å². The highest BCUT2D eigenvalue weighted by molar-refractivity contribution is 7.89. The molecular formula is C37H45N3O5S2. The van der Waals surface area contributed by atoms with Crippen molar-refractivity contribution in [1.29, 1.82) is 0 Å². The van der Waals surface area contributed by atoms with Gasteiger partial charge in [-0.05, 0) is 77.1 Å². The van der Waals surface area contributed by atoms with Crippen LogP contribution in [0.1, 0.15) is 97.7 Å². The summed E-state index contributed by atoms with van der Waals surface area (Å²) >= 11 is 1.54. The molecule has 0 spiro atoms. The number of amides is 2. The highest BCUT2D eigenvalue weighted by atomic mass is 32.2. The fourth-order valence-electron chi connectivity index (χ4n) is 5.99. The van der Waals surface area contributed by atoms with Crippen molar-refractivity contribution in [1.82, 2.24) is 15.0 Å². The molecule has 1 saturated carbocycles. The van der Waals surface area contributed by atoms with E-state index in [-0.39, 0.29) is 17.5 Å². The number of pyridine rings is 1. The average Bonchev–Trinajstić information content (AvgIpc) is 3.68. The average molecular weight is 676 g/mol. The van der Waals surface area contributed by atoms with E-state index in [9.17, 15) is 18.0 Å². The summed E-state index contributed by atoms with van der Waals surface area (Å²) in [6.07, 6.45) is 6.40. The normalized spacial score (nSPS) is 14.8. The van der Waals surface area contributed by atoms with E-state index in [1.807, 2.05) is 47.2 Å². The first kappa shape index (κ1) is 34.6. The minimum atomic E-state index is -3.83. The van der Waals surface area contributed by atoms with Gasteiger partial charge in [0, 0.05) is 27.3 Å². The summed E-state index contributed by atoms with van der Waals surface area (Å²) in [7, 11) is -3.83. The first-order valence-corrected chi connectivity index (χ1v) is 19.0. The maximum atomic E-state index is 13.7. The highest BCUT2D eigenvalue weighted by Crippen LogP contribution is 2.33. The third-order valence-corrected chi connectivity index (χ3v) is 10.6. The summed E-state index contributed by atoms with van der Waals surface area (Å²) in [4.78, 5) is 33.7. The Morgan fingerprint density at radius 1 is 0.979 bits per heavy atom. The molecule has 1 aliphatic rings. The fraction of sp³-hybridized carbons (Fsp3) is 0.432. The Hall–Kier alpha value is -3.76. The summed E-state index contributed by atoms with van der Waals surface area (Å²) in [5, 5.41) is 4.55. The Balaban J connectivity index is 1.44. The minimum Gasteiger partial charge on any atom is -0.457 e. The Morgan fingerprint density at radius 2 is 1.66 bits per heavy atom. The third kappa shape index (κ3) is 9.20. The Labute approximate surface area is 282 Å². The number of hydrogen-bond acceptors (Lipinski definition) is 7. The number of rotatable bonds is 11. The molecule has 0 radical (unpaired) electrons. The number of carbonyl (C=O) groups is 2. The van der Waals surface area contributed by atoms with E-state index in [2.05, 4.69) is 52.1 Å². The standard InChI is InChI=1S/C37H45N3O5S2/c1-23(2)34-18-17-29(46-34)22-33(36(42)40-47(6,43)44)39-35(41)32-20-25-11-14-28(45-27-15-12-26(13-16-27)37(3,4)5)21-30(25)31(38-32)19-24-9-7-8-10-24/h11-18,20-21,23-24,33H,7-10,19,22H2,1-6H3,(H,39,41)(H,40,42). The molecule has 8 nitrogen and oxygen atoms in total. The van der Waals surface area contributed by atoms with Gasteiger partial charge < -0.3 is 10.1 Å². The van der Waals surface area contributed by atoms with Gasteiger partial charge in [0.2, 0.25) is 10.0 Å². The molecule has 2 aromatic heterocycles. The molecule has 10 heteroatoms. The highest BCUT2D eigenvalue weighted by Gasteiger charge is 2.27. The van der Waals surface area contributed by atoms with Crippen LogP contribution in [0.5, 0.6) is 11.5 Å². The van der Waals surface area contributed by atoms with Crippen molar-refractivity contribution in [3.8, 4) is 11.5 Å². The van der Waals surface area contributed by atoms with Crippen LogP contribution in [0, 0.1) is 5.92 Å². The van der Waals surface area contributed by atoms with Crippen molar-refractivity contribution in [2.24, 2.45) is 5.92 Å². The van der Waals surface area contributed by atoms with Crippen molar-refractivity contribution in [2.75, 3.05) is 6.26 Å².